The van der Waals surface area contributed by atoms with E-state index in [1.165, 1.54) is 0 Å². The molecule has 98 valence electrons. The zero-order chi connectivity index (χ0) is 12.8. The summed E-state index contributed by atoms with van der Waals surface area (Å²) in [5.74, 6) is 0. The third-order valence-electron chi connectivity index (χ3n) is 2.63. The molecule has 0 bridgehead atoms. The van der Waals surface area contributed by atoms with E-state index in [0.717, 1.165) is 0 Å². The summed E-state index contributed by atoms with van der Waals surface area (Å²) >= 11 is 0. The van der Waals surface area contributed by atoms with E-state index in [1.54, 1.807) is 0 Å². The Hall–Kier alpha value is 0.274. The van der Waals surface area contributed by atoms with Gasteiger partial charge in [0.15, 0.2) is 8.32 Å². The minimum absolute atomic E-state index is 0.0140. The highest BCUT2D eigenvalue weighted by Gasteiger charge is 2.53. The standard InChI is InChI=1S/C10H26O4Si2/c1-7-12-16(13-8-2,14-9-3)10(4)15(5,6)11/h10-11H,7-9H2,1-6H3. The average molecular weight is 266 g/mol. The first-order valence-corrected chi connectivity index (χ1v) is 10.8. The maximum atomic E-state index is 10.2. The Kier molecular flexibility index (Phi) is 6.99. The lowest BCUT2D eigenvalue weighted by Crippen LogP contribution is -2.57. The van der Waals surface area contributed by atoms with E-state index < -0.39 is 17.1 Å². The van der Waals surface area contributed by atoms with Gasteiger partial charge in [-0.2, -0.15) is 0 Å². The highest BCUT2D eigenvalue weighted by atomic mass is 28.4. The molecule has 0 radical (unpaired) electrons. The fourth-order valence-electron chi connectivity index (χ4n) is 1.54. The summed E-state index contributed by atoms with van der Waals surface area (Å²) in [4.78, 5) is 10.2. The summed E-state index contributed by atoms with van der Waals surface area (Å²) in [6.07, 6.45) is 0. The van der Waals surface area contributed by atoms with Crippen LogP contribution in [0.2, 0.25) is 18.3 Å². The quantitative estimate of drug-likeness (QED) is 0.684. The molecule has 0 saturated heterocycles. The lowest BCUT2D eigenvalue weighted by Gasteiger charge is -2.37. The first-order chi connectivity index (χ1) is 7.34. The molecule has 1 N–H and O–H groups in total. The van der Waals surface area contributed by atoms with Gasteiger partial charge in [0.2, 0.25) is 0 Å². The summed E-state index contributed by atoms with van der Waals surface area (Å²) in [6, 6.07) is 0. The van der Waals surface area contributed by atoms with Crippen molar-refractivity contribution in [1.29, 1.82) is 0 Å². The van der Waals surface area contributed by atoms with E-state index in [9.17, 15) is 4.80 Å². The van der Waals surface area contributed by atoms with Crippen LogP contribution in [0.15, 0.2) is 0 Å². The highest BCUT2D eigenvalue weighted by Crippen LogP contribution is 2.32. The predicted octanol–water partition coefficient (Wildman–Crippen LogP) is 2.16. The molecular formula is C10H26O4Si2. The van der Waals surface area contributed by atoms with Gasteiger partial charge in [0, 0.05) is 25.0 Å². The van der Waals surface area contributed by atoms with Crippen LogP contribution >= 0.6 is 0 Å². The molecule has 0 aliphatic rings. The normalized spacial score (nSPS) is 15.2. The van der Waals surface area contributed by atoms with Crippen LogP contribution in [0.3, 0.4) is 0 Å². The van der Waals surface area contributed by atoms with Gasteiger partial charge < -0.3 is 18.1 Å². The summed E-state index contributed by atoms with van der Waals surface area (Å²) in [5, 5.41) is -0.0140. The van der Waals surface area contributed by atoms with Gasteiger partial charge in [-0.15, -0.1) is 0 Å². The van der Waals surface area contributed by atoms with Gasteiger partial charge in [-0.25, -0.2) is 0 Å². The predicted molar refractivity (Wildman–Crippen MR) is 69.8 cm³/mol. The first-order valence-electron chi connectivity index (χ1n) is 5.98. The zero-order valence-corrected chi connectivity index (χ0v) is 13.4. The molecule has 0 rings (SSSR count). The van der Waals surface area contributed by atoms with Crippen LogP contribution in [0.5, 0.6) is 0 Å². The molecule has 1 atom stereocenters. The van der Waals surface area contributed by atoms with Crippen LogP contribution < -0.4 is 0 Å². The summed E-state index contributed by atoms with van der Waals surface area (Å²) in [7, 11) is -5.04. The van der Waals surface area contributed by atoms with E-state index in [2.05, 4.69) is 0 Å². The molecule has 0 aromatic heterocycles. The Labute approximate surface area is 101 Å². The van der Waals surface area contributed by atoms with Crippen LogP contribution in [0.4, 0.5) is 0 Å². The van der Waals surface area contributed by atoms with E-state index in [-0.39, 0.29) is 5.16 Å². The number of hydrogen-bond acceptors (Lipinski definition) is 4. The molecule has 0 aliphatic carbocycles. The molecule has 16 heavy (non-hydrogen) atoms. The molecular weight excluding hydrogens is 240 g/mol. The second-order valence-corrected chi connectivity index (χ2v) is 12.0. The molecule has 1 unspecified atom stereocenters. The molecule has 0 spiro atoms. The zero-order valence-electron chi connectivity index (χ0n) is 11.4. The highest BCUT2D eigenvalue weighted by molar-refractivity contribution is 6.86. The molecule has 0 saturated carbocycles. The van der Waals surface area contributed by atoms with Crippen molar-refractivity contribution in [3.63, 3.8) is 0 Å². The second kappa shape index (κ2) is 6.88. The second-order valence-electron chi connectivity index (χ2n) is 4.28. The van der Waals surface area contributed by atoms with Crippen LogP contribution in [0.25, 0.3) is 0 Å². The van der Waals surface area contributed by atoms with Gasteiger partial charge in [0.25, 0.3) is 0 Å². The van der Waals surface area contributed by atoms with Gasteiger partial charge in [-0.1, -0.05) is 6.92 Å². The van der Waals surface area contributed by atoms with Crippen molar-refractivity contribution in [2.24, 2.45) is 0 Å². The molecule has 0 aromatic rings. The van der Waals surface area contributed by atoms with Crippen LogP contribution in [0.1, 0.15) is 27.7 Å². The fraction of sp³-hybridized carbons (Fsp3) is 1.00. The van der Waals surface area contributed by atoms with Gasteiger partial charge >= 0.3 is 8.80 Å². The molecule has 0 fully saturated rings. The van der Waals surface area contributed by atoms with Crippen molar-refractivity contribution in [2.75, 3.05) is 19.8 Å². The first kappa shape index (κ1) is 16.3. The van der Waals surface area contributed by atoms with E-state index in [0.29, 0.717) is 19.8 Å². The van der Waals surface area contributed by atoms with Crippen molar-refractivity contribution >= 4 is 17.1 Å². The summed E-state index contributed by atoms with van der Waals surface area (Å²) < 4.78 is 17.3. The van der Waals surface area contributed by atoms with E-state index in [4.69, 9.17) is 13.3 Å². The Morgan fingerprint density at radius 3 is 1.44 bits per heavy atom. The monoisotopic (exact) mass is 266 g/mol. The Bertz CT molecular complexity index is 177. The Balaban J connectivity index is 4.98. The van der Waals surface area contributed by atoms with Gasteiger partial charge in [0.05, 0.1) is 0 Å². The minimum atomic E-state index is -2.72. The SMILES string of the molecule is CCO[Si](OCC)(OCC)C(C)[Si](C)(C)O. The summed E-state index contributed by atoms with van der Waals surface area (Å²) in [6.45, 7) is 13.2. The van der Waals surface area contributed by atoms with Crippen molar-refractivity contribution < 1.29 is 18.1 Å². The van der Waals surface area contributed by atoms with Crippen molar-refractivity contribution in [2.45, 2.75) is 46.0 Å². The maximum Gasteiger partial charge on any atom is 0.503 e. The summed E-state index contributed by atoms with van der Waals surface area (Å²) in [5.41, 5.74) is 0. The molecule has 4 nitrogen and oxygen atoms in total. The number of rotatable bonds is 8. The molecule has 0 heterocycles. The number of hydrogen-bond donors (Lipinski definition) is 1. The largest absolute Gasteiger partial charge is 0.503 e. The smallest absolute Gasteiger partial charge is 0.432 e. The molecule has 0 aromatic carbocycles. The molecule has 0 amide bonds. The lowest BCUT2D eigenvalue weighted by atomic mass is 10.9. The van der Waals surface area contributed by atoms with Crippen molar-refractivity contribution in [3.8, 4) is 0 Å². The van der Waals surface area contributed by atoms with Crippen molar-refractivity contribution in [1.82, 2.24) is 0 Å². The maximum absolute atomic E-state index is 10.2. The van der Waals surface area contributed by atoms with Gasteiger partial charge in [-0.05, 0) is 33.9 Å². The third kappa shape index (κ3) is 4.27. The van der Waals surface area contributed by atoms with Crippen LogP contribution in [-0.2, 0) is 13.3 Å². The van der Waals surface area contributed by atoms with E-state index >= 15 is 0 Å². The van der Waals surface area contributed by atoms with E-state index in [1.807, 2.05) is 40.8 Å². The molecule has 0 aliphatic heterocycles. The van der Waals surface area contributed by atoms with Crippen molar-refractivity contribution in [3.05, 3.63) is 0 Å². The Morgan fingerprint density at radius 2 is 1.25 bits per heavy atom. The average Bonchev–Trinajstić information content (AvgIpc) is 2.16. The Morgan fingerprint density at radius 1 is 0.938 bits per heavy atom. The topological polar surface area (TPSA) is 47.9 Å². The fourth-order valence-corrected chi connectivity index (χ4v) is 7.95. The van der Waals surface area contributed by atoms with Crippen LogP contribution in [-0.4, -0.2) is 41.7 Å². The lowest BCUT2D eigenvalue weighted by molar-refractivity contribution is 0.0674. The van der Waals surface area contributed by atoms with Crippen LogP contribution in [0, 0.1) is 0 Å². The molecule has 6 heteroatoms. The minimum Gasteiger partial charge on any atom is -0.432 e. The van der Waals surface area contributed by atoms with Gasteiger partial charge in [0.1, 0.15) is 0 Å². The third-order valence-corrected chi connectivity index (χ3v) is 11.1. The van der Waals surface area contributed by atoms with Gasteiger partial charge in [-0.3, -0.25) is 0 Å².